The van der Waals surface area contributed by atoms with Crippen LogP contribution in [0.3, 0.4) is 0 Å². The van der Waals surface area contributed by atoms with Crippen LogP contribution < -0.4 is 4.72 Å². The molecule has 1 aromatic rings. The van der Waals surface area contributed by atoms with E-state index >= 15 is 0 Å². The summed E-state index contributed by atoms with van der Waals surface area (Å²) in [5.74, 6) is -1.15. The Morgan fingerprint density at radius 3 is 2.45 bits per heavy atom. The van der Waals surface area contributed by atoms with Crippen LogP contribution in [0.2, 0.25) is 0 Å². The second-order valence-corrected chi connectivity index (χ2v) is 6.89. The molecule has 1 fully saturated rings. The van der Waals surface area contributed by atoms with E-state index in [-0.39, 0.29) is 16.6 Å². The number of likely N-dealkylation sites (tertiary alicyclic amines) is 1. The van der Waals surface area contributed by atoms with Gasteiger partial charge in [0.15, 0.2) is 0 Å². The van der Waals surface area contributed by atoms with Crippen molar-refractivity contribution in [2.75, 3.05) is 20.1 Å². The van der Waals surface area contributed by atoms with Gasteiger partial charge in [-0.25, -0.2) is 17.9 Å². The first-order chi connectivity index (χ1) is 9.29. The maximum Gasteiger partial charge on any atom is 0.352 e. The standard InChI is InChI=1S/C12H19N3O4S/c1-14-5-3-9(4-6-14)13-20(18,19)10-7-11(12(16)17)15(2)8-10/h7-9,13H,3-6H2,1-2H3,(H,16,17). The third-order valence-corrected chi connectivity index (χ3v) is 5.04. The van der Waals surface area contributed by atoms with Gasteiger partial charge >= 0.3 is 5.97 Å². The third-order valence-electron chi connectivity index (χ3n) is 3.55. The van der Waals surface area contributed by atoms with Crippen molar-refractivity contribution in [1.82, 2.24) is 14.2 Å². The van der Waals surface area contributed by atoms with Gasteiger partial charge in [0, 0.05) is 19.3 Å². The van der Waals surface area contributed by atoms with Gasteiger partial charge in [0.25, 0.3) is 0 Å². The summed E-state index contributed by atoms with van der Waals surface area (Å²) in [6.45, 7) is 1.70. The predicted octanol–water partition coefficient (Wildman–Crippen LogP) is 0.0958. The van der Waals surface area contributed by atoms with Crippen molar-refractivity contribution in [3.05, 3.63) is 18.0 Å². The van der Waals surface area contributed by atoms with Crippen LogP contribution in [0.15, 0.2) is 17.2 Å². The van der Waals surface area contributed by atoms with Gasteiger partial charge in [0.05, 0.1) is 0 Å². The Bertz CT molecular complexity index is 600. The van der Waals surface area contributed by atoms with Gasteiger partial charge in [0.1, 0.15) is 10.6 Å². The van der Waals surface area contributed by atoms with Gasteiger partial charge in [-0.3, -0.25) is 0 Å². The van der Waals surface area contributed by atoms with Crippen LogP contribution in [0, 0.1) is 0 Å². The summed E-state index contributed by atoms with van der Waals surface area (Å²) >= 11 is 0. The molecule has 2 N–H and O–H groups in total. The van der Waals surface area contributed by atoms with E-state index < -0.39 is 16.0 Å². The van der Waals surface area contributed by atoms with Crippen molar-refractivity contribution in [1.29, 1.82) is 0 Å². The zero-order chi connectivity index (χ0) is 14.9. The van der Waals surface area contributed by atoms with Crippen LogP contribution in [0.4, 0.5) is 0 Å². The number of aromatic carboxylic acids is 1. The molecule has 1 aliphatic rings. The zero-order valence-corrected chi connectivity index (χ0v) is 12.4. The fourth-order valence-electron chi connectivity index (χ4n) is 2.31. The number of carbonyl (C=O) groups is 1. The highest BCUT2D eigenvalue weighted by atomic mass is 32.2. The maximum absolute atomic E-state index is 12.2. The van der Waals surface area contributed by atoms with Gasteiger partial charge in [-0.05, 0) is 39.0 Å². The summed E-state index contributed by atoms with van der Waals surface area (Å²) in [5.41, 5.74) is -0.0475. The van der Waals surface area contributed by atoms with E-state index in [1.807, 2.05) is 7.05 Å². The molecule has 1 aliphatic heterocycles. The zero-order valence-electron chi connectivity index (χ0n) is 11.5. The molecular weight excluding hydrogens is 282 g/mol. The quantitative estimate of drug-likeness (QED) is 0.823. The topological polar surface area (TPSA) is 91.6 Å². The molecule has 0 aliphatic carbocycles. The average Bonchev–Trinajstić information content (AvgIpc) is 2.75. The van der Waals surface area contributed by atoms with Crippen LogP contribution in [0.25, 0.3) is 0 Å². The van der Waals surface area contributed by atoms with Crippen LogP contribution >= 0.6 is 0 Å². The highest BCUT2D eigenvalue weighted by Crippen LogP contribution is 2.16. The minimum Gasteiger partial charge on any atom is -0.477 e. The molecule has 2 heterocycles. The SMILES string of the molecule is CN1CCC(NS(=O)(=O)c2cc(C(=O)O)n(C)c2)CC1. The minimum absolute atomic E-state index is 0.00340. The highest BCUT2D eigenvalue weighted by molar-refractivity contribution is 7.89. The lowest BCUT2D eigenvalue weighted by molar-refractivity contribution is 0.0686. The molecule has 1 saturated heterocycles. The molecular formula is C12H19N3O4S. The largest absolute Gasteiger partial charge is 0.477 e. The van der Waals surface area contributed by atoms with Gasteiger partial charge in [-0.2, -0.15) is 0 Å². The van der Waals surface area contributed by atoms with Crippen molar-refractivity contribution in [2.45, 2.75) is 23.8 Å². The van der Waals surface area contributed by atoms with Crippen molar-refractivity contribution in [2.24, 2.45) is 7.05 Å². The predicted molar refractivity (Wildman–Crippen MR) is 73.2 cm³/mol. The van der Waals surface area contributed by atoms with Crippen molar-refractivity contribution >= 4 is 16.0 Å². The second-order valence-electron chi connectivity index (χ2n) is 5.18. The van der Waals surface area contributed by atoms with E-state index in [9.17, 15) is 13.2 Å². The van der Waals surface area contributed by atoms with Crippen molar-refractivity contribution in [3.63, 3.8) is 0 Å². The smallest absolute Gasteiger partial charge is 0.352 e. The monoisotopic (exact) mass is 301 g/mol. The van der Waals surface area contributed by atoms with E-state index in [1.165, 1.54) is 23.9 Å². The number of sulfonamides is 1. The molecule has 8 heteroatoms. The molecule has 0 aromatic carbocycles. The molecule has 20 heavy (non-hydrogen) atoms. The highest BCUT2D eigenvalue weighted by Gasteiger charge is 2.25. The summed E-state index contributed by atoms with van der Waals surface area (Å²) in [5, 5.41) is 8.95. The summed E-state index contributed by atoms with van der Waals surface area (Å²) < 4.78 is 28.4. The maximum atomic E-state index is 12.2. The van der Waals surface area contributed by atoms with E-state index in [2.05, 4.69) is 9.62 Å². The number of hydrogen-bond acceptors (Lipinski definition) is 4. The van der Waals surface area contributed by atoms with E-state index in [0.717, 1.165) is 25.9 Å². The summed E-state index contributed by atoms with van der Waals surface area (Å²) in [7, 11) is -0.152. The van der Waals surface area contributed by atoms with Gasteiger partial charge in [-0.15, -0.1) is 0 Å². The Morgan fingerprint density at radius 2 is 1.95 bits per heavy atom. The van der Waals surface area contributed by atoms with Gasteiger partial charge in [0.2, 0.25) is 10.0 Å². The molecule has 0 atom stereocenters. The van der Waals surface area contributed by atoms with Crippen LogP contribution in [-0.4, -0.2) is 55.1 Å². The average molecular weight is 301 g/mol. The Labute approximate surface area is 118 Å². The Balaban J connectivity index is 2.14. The van der Waals surface area contributed by atoms with Crippen LogP contribution in [0.1, 0.15) is 23.3 Å². The second kappa shape index (κ2) is 5.55. The first-order valence-electron chi connectivity index (χ1n) is 6.40. The van der Waals surface area contributed by atoms with Crippen LogP contribution in [0.5, 0.6) is 0 Å². The molecule has 0 bridgehead atoms. The Morgan fingerprint density at radius 1 is 1.35 bits per heavy atom. The summed E-state index contributed by atoms with van der Waals surface area (Å²) in [4.78, 5) is 13.1. The van der Waals surface area contributed by atoms with E-state index in [1.54, 1.807) is 0 Å². The number of piperidine rings is 1. The number of nitrogens with one attached hydrogen (secondary N) is 1. The van der Waals surface area contributed by atoms with E-state index in [0.29, 0.717) is 0 Å². The van der Waals surface area contributed by atoms with Crippen molar-refractivity contribution in [3.8, 4) is 0 Å². The first-order valence-corrected chi connectivity index (χ1v) is 7.88. The lowest BCUT2D eigenvalue weighted by Gasteiger charge is -2.29. The van der Waals surface area contributed by atoms with Crippen molar-refractivity contribution < 1.29 is 18.3 Å². The molecule has 0 amide bonds. The fraction of sp³-hybridized carbons (Fsp3) is 0.583. The molecule has 0 spiro atoms. The number of nitrogens with zero attached hydrogens (tertiary/aromatic N) is 2. The van der Waals surface area contributed by atoms with E-state index in [4.69, 9.17) is 5.11 Å². The molecule has 0 radical (unpaired) electrons. The Kier molecular flexibility index (Phi) is 4.17. The normalized spacial score (nSPS) is 18.3. The fourth-order valence-corrected chi connectivity index (χ4v) is 3.68. The molecule has 0 unspecified atom stereocenters. The van der Waals surface area contributed by atoms with Crippen LogP contribution in [-0.2, 0) is 17.1 Å². The third kappa shape index (κ3) is 3.20. The summed E-state index contributed by atoms with van der Waals surface area (Å²) in [6.07, 6.45) is 2.84. The summed E-state index contributed by atoms with van der Waals surface area (Å²) in [6, 6.07) is 1.09. The minimum atomic E-state index is -3.67. The molecule has 0 saturated carbocycles. The van der Waals surface area contributed by atoms with Gasteiger partial charge < -0.3 is 14.6 Å². The molecule has 7 nitrogen and oxygen atoms in total. The number of carboxylic acids is 1. The number of hydrogen-bond donors (Lipinski definition) is 2. The number of aromatic nitrogens is 1. The Hall–Kier alpha value is -1.38. The number of carboxylic acid groups (broad SMARTS) is 1. The lowest BCUT2D eigenvalue weighted by atomic mass is 10.1. The lowest BCUT2D eigenvalue weighted by Crippen LogP contribution is -2.43. The first kappa shape index (κ1) is 15.0. The molecule has 112 valence electrons. The molecule has 1 aromatic heterocycles. The van der Waals surface area contributed by atoms with Gasteiger partial charge in [-0.1, -0.05) is 0 Å². The molecule has 2 rings (SSSR count). The number of rotatable bonds is 4. The number of aryl methyl sites for hydroxylation is 1.